The molecule has 1 aliphatic rings. The third-order valence-corrected chi connectivity index (χ3v) is 5.52. The maximum atomic E-state index is 9.27. The molecule has 1 aliphatic carbocycles. The Morgan fingerprint density at radius 1 is 1.03 bits per heavy atom. The van der Waals surface area contributed by atoms with Crippen LogP contribution in [0.5, 0.6) is 5.75 Å². The smallest absolute Gasteiger partial charge is 0.138 e. The molecule has 33 heavy (non-hydrogen) atoms. The van der Waals surface area contributed by atoms with Crippen LogP contribution in [0, 0.1) is 22.7 Å². The first-order valence-corrected chi connectivity index (χ1v) is 12.3. The summed E-state index contributed by atoms with van der Waals surface area (Å²) in [5.74, 6) is 7.20. The average Bonchev–Trinajstić information content (AvgIpc) is 2.75. The van der Waals surface area contributed by atoms with Crippen molar-refractivity contribution in [2.45, 2.75) is 99.7 Å². The van der Waals surface area contributed by atoms with Gasteiger partial charge < -0.3 is 19.3 Å². The molecule has 2 rings (SSSR count). The number of unbranched alkanes of at least 4 members (excludes halogenated alkanes) is 2. The van der Waals surface area contributed by atoms with Crippen molar-refractivity contribution < 1.29 is 19.3 Å². The number of aliphatic hydroxyl groups is 1. The van der Waals surface area contributed by atoms with E-state index in [0.717, 1.165) is 11.4 Å². The monoisotopic (exact) mass is 465 g/mol. The summed E-state index contributed by atoms with van der Waals surface area (Å²) in [6, 6.07) is 3.76. The van der Waals surface area contributed by atoms with Crippen molar-refractivity contribution in [2.24, 2.45) is 10.8 Å². The van der Waals surface area contributed by atoms with Crippen LogP contribution in [0.15, 0.2) is 18.3 Å². The molecule has 0 radical (unpaired) electrons. The van der Waals surface area contributed by atoms with Gasteiger partial charge in [0.2, 0.25) is 0 Å². The Morgan fingerprint density at radius 2 is 1.58 bits per heavy atom. The van der Waals surface area contributed by atoms with E-state index in [0.29, 0.717) is 19.4 Å². The molecule has 192 valence electrons. The van der Waals surface area contributed by atoms with Crippen LogP contribution < -0.4 is 4.74 Å². The molecule has 0 spiro atoms. The van der Waals surface area contributed by atoms with Gasteiger partial charge in [-0.05, 0) is 31.9 Å². The quantitative estimate of drug-likeness (QED) is 0.465. The van der Waals surface area contributed by atoms with Gasteiger partial charge in [-0.25, -0.2) is 4.98 Å². The molecule has 0 aliphatic heterocycles. The molecule has 5 heteroatoms. The number of hydrogen-bond donors (Lipinski definition) is 1. The number of aliphatic hydroxyl groups excluding tert-OH is 1. The zero-order valence-corrected chi connectivity index (χ0v) is 23.2. The van der Waals surface area contributed by atoms with Gasteiger partial charge in [-0.15, -0.1) is 0 Å². The van der Waals surface area contributed by atoms with Crippen molar-refractivity contribution in [3.63, 3.8) is 0 Å². The van der Waals surface area contributed by atoms with Gasteiger partial charge in [-0.1, -0.05) is 66.7 Å². The molecular weight excluding hydrogens is 414 g/mol. The minimum atomic E-state index is -0.212. The Labute approximate surface area is 204 Å². The molecule has 1 heterocycles. The van der Waals surface area contributed by atoms with Gasteiger partial charge in [0.05, 0.1) is 18.9 Å². The zero-order valence-electron chi connectivity index (χ0n) is 23.2. The van der Waals surface area contributed by atoms with Gasteiger partial charge in [0.25, 0.3) is 0 Å². The van der Waals surface area contributed by atoms with E-state index in [4.69, 9.17) is 9.47 Å². The normalized spacial score (nSPS) is 16.7. The highest BCUT2D eigenvalue weighted by Gasteiger charge is 2.35. The number of nitrogens with zero attached hydrogens (tertiary/aromatic N) is 1. The standard InChI is InChI=1S/C19H27NO3.C5H12.C2H6O.C2H6/c1-18(2,19(3,4)13-22-5)9-8-14-6-7-16(12-20-14)23-17-10-15(21)11-17;1-3-5-4-2;1-3-2;1-2/h6-7,12,15,17,21H,10-11,13H2,1-5H3;3-5H2,1-2H3;1-2H3;1-2H3. The first kappa shape index (κ1) is 33.6. The third-order valence-electron chi connectivity index (χ3n) is 5.52. The lowest BCUT2D eigenvalue weighted by molar-refractivity contribution is -0.0109. The van der Waals surface area contributed by atoms with Crippen LogP contribution in [-0.4, -0.2) is 50.2 Å². The van der Waals surface area contributed by atoms with Crippen LogP contribution in [0.4, 0.5) is 0 Å². The summed E-state index contributed by atoms with van der Waals surface area (Å²) >= 11 is 0. The highest BCUT2D eigenvalue weighted by atomic mass is 16.5. The predicted molar refractivity (Wildman–Crippen MR) is 140 cm³/mol. The Bertz CT molecular complexity index is 636. The molecule has 0 atom stereocenters. The third kappa shape index (κ3) is 14.3. The summed E-state index contributed by atoms with van der Waals surface area (Å²) in [7, 11) is 4.96. The predicted octanol–water partition coefficient (Wildman–Crippen LogP) is 6.52. The van der Waals surface area contributed by atoms with Crippen LogP contribution in [0.25, 0.3) is 0 Å². The number of hydrogen-bond acceptors (Lipinski definition) is 5. The maximum Gasteiger partial charge on any atom is 0.138 e. The van der Waals surface area contributed by atoms with E-state index in [-0.39, 0.29) is 23.0 Å². The number of ether oxygens (including phenoxy) is 3. The summed E-state index contributed by atoms with van der Waals surface area (Å²) in [6.07, 6.45) is 7.07. The fourth-order valence-corrected chi connectivity index (χ4v) is 2.63. The van der Waals surface area contributed by atoms with Crippen molar-refractivity contribution in [3.8, 4) is 17.6 Å². The second-order valence-electron chi connectivity index (χ2n) is 9.20. The van der Waals surface area contributed by atoms with Gasteiger partial charge in [0.1, 0.15) is 17.5 Å². The van der Waals surface area contributed by atoms with Crippen LogP contribution in [0.2, 0.25) is 0 Å². The molecule has 1 aromatic heterocycles. The molecular formula is C28H51NO4. The van der Waals surface area contributed by atoms with Gasteiger partial charge in [0.15, 0.2) is 0 Å². The second-order valence-corrected chi connectivity index (χ2v) is 9.20. The van der Waals surface area contributed by atoms with Crippen molar-refractivity contribution in [2.75, 3.05) is 27.9 Å². The van der Waals surface area contributed by atoms with Crippen LogP contribution >= 0.6 is 0 Å². The molecule has 0 saturated heterocycles. The molecule has 0 bridgehead atoms. The van der Waals surface area contributed by atoms with E-state index >= 15 is 0 Å². The lowest BCUT2D eigenvalue weighted by atomic mass is 9.69. The van der Waals surface area contributed by atoms with Gasteiger partial charge in [0, 0.05) is 45.0 Å². The van der Waals surface area contributed by atoms with Crippen molar-refractivity contribution in [1.82, 2.24) is 4.98 Å². The van der Waals surface area contributed by atoms with Gasteiger partial charge >= 0.3 is 0 Å². The van der Waals surface area contributed by atoms with E-state index in [2.05, 4.69) is 63.1 Å². The number of methoxy groups -OCH3 is 2. The number of rotatable bonds is 7. The van der Waals surface area contributed by atoms with Gasteiger partial charge in [-0.3, -0.25) is 0 Å². The first-order chi connectivity index (χ1) is 15.6. The minimum absolute atomic E-state index is 0.0527. The second kappa shape index (κ2) is 18.8. The lowest BCUT2D eigenvalue weighted by Crippen LogP contribution is -2.37. The summed E-state index contributed by atoms with van der Waals surface area (Å²) in [6.45, 7) is 17.6. The van der Waals surface area contributed by atoms with Crippen molar-refractivity contribution in [1.29, 1.82) is 0 Å². The largest absolute Gasteiger partial charge is 0.489 e. The molecule has 0 aromatic carbocycles. The minimum Gasteiger partial charge on any atom is -0.489 e. The molecule has 0 unspecified atom stereocenters. The summed E-state index contributed by atoms with van der Waals surface area (Å²) < 4.78 is 15.3. The Kier molecular flexibility index (Phi) is 19.1. The highest BCUT2D eigenvalue weighted by Crippen LogP contribution is 2.38. The van der Waals surface area contributed by atoms with E-state index in [1.165, 1.54) is 19.3 Å². The van der Waals surface area contributed by atoms with Crippen LogP contribution in [-0.2, 0) is 9.47 Å². The fourth-order valence-electron chi connectivity index (χ4n) is 2.63. The molecule has 1 aromatic rings. The van der Waals surface area contributed by atoms with E-state index in [1.807, 2.05) is 26.0 Å². The van der Waals surface area contributed by atoms with Crippen LogP contribution in [0.3, 0.4) is 0 Å². The van der Waals surface area contributed by atoms with E-state index in [9.17, 15) is 5.11 Å². The summed E-state index contributed by atoms with van der Waals surface area (Å²) in [5.41, 5.74) is 0.484. The van der Waals surface area contributed by atoms with Crippen molar-refractivity contribution >= 4 is 0 Å². The number of pyridine rings is 1. The highest BCUT2D eigenvalue weighted by molar-refractivity contribution is 5.33. The molecule has 1 N–H and O–H groups in total. The first-order valence-electron chi connectivity index (χ1n) is 12.3. The number of aromatic nitrogens is 1. The van der Waals surface area contributed by atoms with Crippen LogP contribution in [0.1, 0.15) is 93.2 Å². The maximum absolute atomic E-state index is 9.27. The Morgan fingerprint density at radius 3 is 1.94 bits per heavy atom. The zero-order chi connectivity index (χ0) is 25.9. The lowest BCUT2D eigenvalue weighted by Gasteiger charge is -2.37. The Hall–Kier alpha value is -1.61. The molecule has 5 nitrogen and oxygen atoms in total. The van der Waals surface area contributed by atoms with Gasteiger partial charge in [-0.2, -0.15) is 0 Å². The van der Waals surface area contributed by atoms with E-state index in [1.54, 1.807) is 27.5 Å². The van der Waals surface area contributed by atoms with Crippen molar-refractivity contribution in [3.05, 3.63) is 24.0 Å². The fraction of sp³-hybridized carbons (Fsp3) is 0.750. The summed E-state index contributed by atoms with van der Waals surface area (Å²) in [5, 5.41) is 9.27. The average molecular weight is 466 g/mol. The summed E-state index contributed by atoms with van der Waals surface area (Å²) in [4.78, 5) is 4.35. The molecule has 1 saturated carbocycles. The SMILES string of the molecule is CC.CCCCC.COC.COCC(C)(C)C(C)(C)C#Cc1ccc(OC2CC(O)C2)cn1. The molecule has 1 fully saturated rings. The molecule has 0 amide bonds. The Balaban J connectivity index is 0. The van der Waals surface area contributed by atoms with E-state index < -0.39 is 0 Å². The topological polar surface area (TPSA) is 60.8 Å².